The molecule has 0 spiro atoms. The largest absolute Gasteiger partial charge is 0.394 e. The summed E-state index contributed by atoms with van der Waals surface area (Å²) >= 11 is 1.11. The van der Waals surface area contributed by atoms with E-state index in [2.05, 4.69) is 21.2 Å². The number of thioether (sulfide) groups is 1. The second-order valence-electron chi connectivity index (χ2n) is 8.59. The molecule has 35 heavy (non-hydrogen) atoms. The van der Waals surface area contributed by atoms with Crippen molar-refractivity contribution in [3.8, 4) is 6.07 Å². The van der Waals surface area contributed by atoms with Crippen LogP contribution in [0.5, 0.6) is 0 Å². The zero-order valence-corrected chi connectivity index (χ0v) is 19.7. The van der Waals surface area contributed by atoms with Crippen molar-refractivity contribution in [1.82, 2.24) is 10.3 Å². The van der Waals surface area contributed by atoms with Gasteiger partial charge in [0.1, 0.15) is 28.2 Å². The smallest absolute Gasteiger partial charge is 0.239 e. The number of benzene rings is 1. The predicted molar refractivity (Wildman–Crippen MR) is 131 cm³/mol. The lowest BCUT2D eigenvalue weighted by Crippen LogP contribution is -2.62. The van der Waals surface area contributed by atoms with Crippen molar-refractivity contribution >= 4 is 35.1 Å². The van der Waals surface area contributed by atoms with Crippen molar-refractivity contribution < 1.29 is 14.7 Å². The second-order valence-corrected chi connectivity index (χ2v) is 9.68. The third kappa shape index (κ3) is 5.08. The molecule has 2 aliphatic rings. The molecule has 4 rings (SSSR count). The van der Waals surface area contributed by atoms with Crippen LogP contribution in [0.4, 0.5) is 11.5 Å². The van der Waals surface area contributed by atoms with Gasteiger partial charge >= 0.3 is 0 Å². The minimum Gasteiger partial charge on any atom is -0.394 e. The number of rotatable bonds is 9. The first kappa shape index (κ1) is 24.5. The highest BCUT2D eigenvalue weighted by Crippen LogP contribution is 2.52. The van der Waals surface area contributed by atoms with Gasteiger partial charge < -0.3 is 26.8 Å². The van der Waals surface area contributed by atoms with Crippen LogP contribution in [0, 0.1) is 17.9 Å². The molecule has 11 heteroatoms. The molecule has 1 unspecified atom stereocenters. The number of carbonyl (C=O) groups excluding carboxylic acids is 2. The minimum absolute atomic E-state index is 0.0953. The van der Waals surface area contributed by atoms with Crippen LogP contribution in [0.25, 0.3) is 4.85 Å². The lowest BCUT2D eigenvalue weighted by atomic mass is 10.0. The number of nitriles is 1. The molecule has 6 N–H and O–H groups in total. The molecule has 1 aliphatic carbocycles. The Labute approximate surface area is 207 Å². The van der Waals surface area contributed by atoms with Gasteiger partial charge in [-0.3, -0.25) is 9.59 Å². The first-order chi connectivity index (χ1) is 16.9. The van der Waals surface area contributed by atoms with Crippen molar-refractivity contribution in [3.05, 3.63) is 58.4 Å². The third-order valence-corrected chi connectivity index (χ3v) is 7.28. The van der Waals surface area contributed by atoms with E-state index in [1.807, 2.05) is 23.1 Å². The van der Waals surface area contributed by atoms with Gasteiger partial charge in [-0.25, -0.2) is 9.83 Å². The van der Waals surface area contributed by atoms with Gasteiger partial charge in [-0.15, -0.1) is 0 Å². The van der Waals surface area contributed by atoms with Gasteiger partial charge in [-0.05, 0) is 29.9 Å². The topological polar surface area (TPSA) is 163 Å². The Morgan fingerprint density at radius 1 is 1.34 bits per heavy atom. The molecule has 1 saturated heterocycles. The van der Waals surface area contributed by atoms with Crippen molar-refractivity contribution in [1.29, 1.82) is 5.26 Å². The average molecular weight is 492 g/mol. The van der Waals surface area contributed by atoms with E-state index in [0.29, 0.717) is 46.3 Å². The van der Waals surface area contributed by atoms with E-state index in [-0.39, 0.29) is 12.0 Å². The van der Waals surface area contributed by atoms with Gasteiger partial charge in [0.25, 0.3) is 0 Å². The van der Waals surface area contributed by atoms with E-state index in [9.17, 15) is 14.9 Å². The molecule has 2 atom stereocenters. The average Bonchev–Trinajstić information content (AvgIpc) is 3.68. The molecule has 0 bridgehead atoms. The van der Waals surface area contributed by atoms with Crippen LogP contribution < -0.4 is 21.7 Å². The van der Waals surface area contributed by atoms with Crippen LogP contribution in [-0.4, -0.2) is 53.7 Å². The first-order valence-electron chi connectivity index (χ1n) is 11.2. The number of anilines is 1. The monoisotopic (exact) mass is 491 g/mol. The number of nitrogens with one attached hydrogen (secondary N) is 1. The van der Waals surface area contributed by atoms with Crippen LogP contribution in [-0.2, 0) is 9.59 Å². The van der Waals surface area contributed by atoms with Crippen LogP contribution >= 0.6 is 11.8 Å². The molecule has 1 aliphatic heterocycles. The van der Waals surface area contributed by atoms with Crippen LogP contribution in [0.3, 0.4) is 0 Å². The Morgan fingerprint density at radius 3 is 2.57 bits per heavy atom. The number of hydrogen-bond acceptors (Lipinski definition) is 8. The lowest BCUT2D eigenvalue weighted by Gasteiger charge is -2.41. The maximum atomic E-state index is 12.3. The van der Waals surface area contributed by atoms with E-state index in [1.165, 1.54) is 0 Å². The van der Waals surface area contributed by atoms with Gasteiger partial charge in [0, 0.05) is 13.1 Å². The summed E-state index contributed by atoms with van der Waals surface area (Å²) in [6, 6.07) is 10.1. The Hall–Kier alpha value is -3.64. The van der Waals surface area contributed by atoms with Gasteiger partial charge in [-0.2, -0.15) is 5.26 Å². The maximum Gasteiger partial charge on any atom is 0.239 e. The molecular weight excluding hydrogens is 466 g/mol. The van der Waals surface area contributed by atoms with Gasteiger partial charge in [-0.1, -0.05) is 42.1 Å². The summed E-state index contributed by atoms with van der Waals surface area (Å²) in [4.78, 5) is 34.6. The highest BCUT2D eigenvalue weighted by molar-refractivity contribution is 8.00. The molecule has 1 saturated carbocycles. The fraction of sp³-hybridized carbons (Fsp3) is 0.375. The summed E-state index contributed by atoms with van der Waals surface area (Å²) in [5, 5.41) is 21.5. The SMILES string of the molecule is [C-]#[N+]c1c(N2CC(NC(=O)[C@@H](N)CO)C2)nc(SC(C(N)=O)c2ccccc2)c(C#N)c1C1CC1. The summed E-state index contributed by atoms with van der Waals surface area (Å²) in [6.45, 7) is 8.18. The minimum atomic E-state index is -0.996. The second kappa shape index (κ2) is 10.3. The fourth-order valence-electron chi connectivity index (χ4n) is 4.02. The Balaban J connectivity index is 1.68. The van der Waals surface area contributed by atoms with Crippen molar-refractivity contribution in [3.63, 3.8) is 0 Å². The summed E-state index contributed by atoms with van der Waals surface area (Å²) in [5.74, 6) is -0.477. The summed E-state index contributed by atoms with van der Waals surface area (Å²) in [7, 11) is 0. The van der Waals surface area contributed by atoms with Crippen molar-refractivity contribution in [2.24, 2.45) is 11.5 Å². The van der Waals surface area contributed by atoms with Gasteiger partial charge in [0.05, 0.1) is 24.8 Å². The number of carbonyl (C=O) groups is 2. The van der Waals surface area contributed by atoms with Gasteiger partial charge in [0.15, 0.2) is 0 Å². The number of aliphatic hydroxyl groups is 1. The molecule has 180 valence electrons. The van der Waals surface area contributed by atoms with E-state index in [4.69, 9.17) is 23.1 Å². The van der Waals surface area contributed by atoms with Crippen LogP contribution in [0.1, 0.15) is 40.7 Å². The number of amides is 2. The van der Waals surface area contributed by atoms with E-state index in [1.54, 1.807) is 12.1 Å². The van der Waals surface area contributed by atoms with Crippen molar-refractivity contribution in [2.75, 3.05) is 24.6 Å². The molecule has 2 heterocycles. The fourth-order valence-corrected chi connectivity index (χ4v) is 5.06. The van der Waals surface area contributed by atoms with Crippen LogP contribution in [0.15, 0.2) is 35.4 Å². The molecule has 1 aromatic heterocycles. The Morgan fingerprint density at radius 2 is 2.03 bits per heavy atom. The molecule has 2 aromatic rings. The molecule has 1 aromatic carbocycles. The maximum absolute atomic E-state index is 12.3. The number of aliphatic hydroxyl groups excluding tert-OH is 1. The van der Waals surface area contributed by atoms with E-state index in [0.717, 1.165) is 24.6 Å². The number of nitrogens with two attached hydrogens (primary N) is 2. The standard InChI is InChI=1S/C24H25N7O3S/c1-28-19-18(13-7-8-13)16(9-25)24(35-20(21(27)33)14-5-3-2-4-6-14)30-22(19)31-10-15(11-31)29-23(34)17(26)12-32/h2-6,13,15,17,20,32H,7-8,10-12,26H2,(H2,27,33)(H,29,34)/t17-,20?/m0/s1. The van der Waals surface area contributed by atoms with E-state index < -0.39 is 29.7 Å². The lowest BCUT2D eigenvalue weighted by molar-refractivity contribution is -0.124. The number of hydrogen-bond donors (Lipinski definition) is 4. The molecule has 0 radical (unpaired) electrons. The normalized spacial score (nSPS) is 17.0. The summed E-state index contributed by atoms with van der Waals surface area (Å²) in [5.41, 5.74) is 13.3. The first-order valence-corrected chi connectivity index (χ1v) is 12.0. The zero-order valence-electron chi connectivity index (χ0n) is 18.8. The Kier molecular flexibility index (Phi) is 7.22. The quantitative estimate of drug-likeness (QED) is 0.301. The third-order valence-electron chi connectivity index (χ3n) is 6.02. The number of aromatic nitrogens is 1. The van der Waals surface area contributed by atoms with Crippen LogP contribution in [0.2, 0.25) is 0 Å². The highest BCUT2D eigenvalue weighted by atomic mass is 32.2. The number of primary amides is 1. The van der Waals surface area contributed by atoms with Gasteiger partial charge in [0.2, 0.25) is 17.5 Å². The molecule has 10 nitrogen and oxygen atoms in total. The highest BCUT2D eigenvalue weighted by Gasteiger charge is 2.38. The predicted octanol–water partition coefficient (Wildman–Crippen LogP) is 1.32. The molecule has 2 fully saturated rings. The summed E-state index contributed by atoms with van der Waals surface area (Å²) < 4.78 is 0. The zero-order chi connectivity index (χ0) is 25.1. The number of pyridine rings is 1. The number of nitrogens with zero attached hydrogens (tertiary/aromatic N) is 4. The van der Waals surface area contributed by atoms with Crippen molar-refractivity contribution in [2.45, 2.75) is 41.1 Å². The molecular formula is C24H25N7O3S. The van der Waals surface area contributed by atoms with E-state index >= 15 is 0 Å². The summed E-state index contributed by atoms with van der Waals surface area (Å²) in [6.07, 6.45) is 1.75. The molecule has 2 amide bonds. The Bertz CT molecular complexity index is 1210.